The maximum atomic E-state index is 12.0. The number of hydrogen-bond donors (Lipinski definition) is 1. The van der Waals surface area contributed by atoms with Crippen molar-refractivity contribution in [3.8, 4) is 0 Å². The zero-order chi connectivity index (χ0) is 15.9. The van der Waals surface area contributed by atoms with E-state index in [1.807, 2.05) is 19.1 Å². The van der Waals surface area contributed by atoms with E-state index in [-0.39, 0.29) is 11.9 Å². The second kappa shape index (κ2) is 8.51. The van der Waals surface area contributed by atoms with Crippen molar-refractivity contribution < 1.29 is 4.79 Å². The van der Waals surface area contributed by atoms with Crippen molar-refractivity contribution in [1.29, 1.82) is 0 Å². The molecule has 4 nitrogen and oxygen atoms in total. The number of rotatable bonds is 6. The molecule has 1 amide bonds. The Kier molecular flexibility index (Phi) is 6.68. The summed E-state index contributed by atoms with van der Waals surface area (Å²) in [7, 11) is 0. The smallest absolute Gasteiger partial charge is 0.237 e. The molecule has 2 rings (SSSR count). The van der Waals surface area contributed by atoms with Crippen LogP contribution in [0.1, 0.15) is 25.8 Å². The van der Waals surface area contributed by atoms with Crippen LogP contribution in [0.2, 0.25) is 5.02 Å². The molecular formula is C17H26ClN3O. The van der Waals surface area contributed by atoms with Crippen LogP contribution in [-0.4, -0.2) is 54.5 Å². The second-order valence-corrected chi connectivity index (χ2v) is 6.34. The Balaban J connectivity index is 1.77. The molecule has 0 aliphatic carbocycles. The molecule has 1 unspecified atom stereocenters. The number of amides is 1. The Labute approximate surface area is 138 Å². The molecule has 0 spiro atoms. The predicted molar refractivity (Wildman–Crippen MR) is 91.1 cm³/mol. The molecule has 1 aliphatic heterocycles. The molecule has 1 saturated heterocycles. The van der Waals surface area contributed by atoms with Gasteiger partial charge in [-0.25, -0.2) is 0 Å². The predicted octanol–water partition coefficient (Wildman–Crippen LogP) is 2.37. The van der Waals surface area contributed by atoms with Gasteiger partial charge >= 0.3 is 0 Å². The van der Waals surface area contributed by atoms with E-state index in [2.05, 4.69) is 34.2 Å². The maximum Gasteiger partial charge on any atom is 0.237 e. The summed E-state index contributed by atoms with van der Waals surface area (Å²) < 4.78 is 0. The van der Waals surface area contributed by atoms with Crippen molar-refractivity contribution in [3.05, 3.63) is 34.9 Å². The summed E-state index contributed by atoms with van der Waals surface area (Å²) in [4.78, 5) is 16.7. The van der Waals surface area contributed by atoms with Crippen LogP contribution in [0.4, 0.5) is 0 Å². The lowest BCUT2D eigenvalue weighted by atomic mass is 10.1. The summed E-state index contributed by atoms with van der Waals surface area (Å²) in [6, 6.07) is 8.00. The minimum Gasteiger partial charge on any atom is -0.355 e. The van der Waals surface area contributed by atoms with E-state index in [9.17, 15) is 4.79 Å². The first-order valence-corrected chi connectivity index (χ1v) is 8.46. The fraction of sp³-hybridized carbons (Fsp3) is 0.588. The van der Waals surface area contributed by atoms with Crippen molar-refractivity contribution in [2.45, 2.75) is 32.9 Å². The Hall–Kier alpha value is -1.10. The number of hydrogen-bond acceptors (Lipinski definition) is 3. The number of piperazine rings is 1. The van der Waals surface area contributed by atoms with Crippen molar-refractivity contribution in [2.75, 3.05) is 32.7 Å². The summed E-state index contributed by atoms with van der Waals surface area (Å²) in [5.74, 6) is 0.146. The first-order valence-electron chi connectivity index (χ1n) is 8.08. The standard InChI is InChI=1S/C17H26ClN3O/c1-3-8-19-17(22)14(2)21-11-9-20(10-12-21)13-15-4-6-16(18)7-5-15/h4-7,14H,3,8-13H2,1-2H3,(H,19,22). The second-order valence-electron chi connectivity index (χ2n) is 5.91. The molecule has 0 aromatic heterocycles. The van der Waals surface area contributed by atoms with Gasteiger partial charge in [-0.3, -0.25) is 14.6 Å². The van der Waals surface area contributed by atoms with E-state index in [1.54, 1.807) is 0 Å². The minimum absolute atomic E-state index is 0.0377. The Morgan fingerprint density at radius 3 is 2.45 bits per heavy atom. The van der Waals surface area contributed by atoms with E-state index < -0.39 is 0 Å². The molecular weight excluding hydrogens is 298 g/mol. The van der Waals surface area contributed by atoms with Crippen molar-refractivity contribution >= 4 is 17.5 Å². The number of nitrogens with one attached hydrogen (secondary N) is 1. The Morgan fingerprint density at radius 1 is 1.23 bits per heavy atom. The molecule has 122 valence electrons. The van der Waals surface area contributed by atoms with Crippen LogP contribution in [0, 0.1) is 0 Å². The van der Waals surface area contributed by atoms with Gasteiger partial charge in [-0.15, -0.1) is 0 Å². The number of nitrogens with zero attached hydrogens (tertiary/aromatic N) is 2. The fourth-order valence-corrected chi connectivity index (χ4v) is 2.84. The number of carbonyl (C=O) groups is 1. The zero-order valence-electron chi connectivity index (χ0n) is 13.5. The van der Waals surface area contributed by atoms with Gasteiger partial charge in [-0.2, -0.15) is 0 Å². The molecule has 22 heavy (non-hydrogen) atoms. The summed E-state index contributed by atoms with van der Waals surface area (Å²) >= 11 is 5.92. The molecule has 1 fully saturated rings. The van der Waals surface area contributed by atoms with Crippen molar-refractivity contribution in [1.82, 2.24) is 15.1 Å². The van der Waals surface area contributed by atoms with Crippen molar-refractivity contribution in [2.24, 2.45) is 0 Å². The number of halogens is 1. The molecule has 5 heteroatoms. The van der Waals surface area contributed by atoms with E-state index in [4.69, 9.17) is 11.6 Å². The molecule has 1 N–H and O–H groups in total. The number of carbonyl (C=O) groups excluding carboxylic acids is 1. The topological polar surface area (TPSA) is 35.6 Å². The quantitative estimate of drug-likeness (QED) is 0.873. The highest BCUT2D eigenvalue weighted by Crippen LogP contribution is 2.13. The largest absolute Gasteiger partial charge is 0.355 e. The lowest BCUT2D eigenvalue weighted by Gasteiger charge is -2.37. The van der Waals surface area contributed by atoms with Gasteiger partial charge < -0.3 is 5.32 Å². The third kappa shape index (κ3) is 4.97. The zero-order valence-corrected chi connectivity index (χ0v) is 14.3. The average molecular weight is 324 g/mol. The van der Waals surface area contributed by atoms with Crippen LogP contribution in [-0.2, 0) is 11.3 Å². The molecule has 0 radical (unpaired) electrons. The molecule has 1 atom stereocenters. The minimum atomic E-state index is -0.0377. The molecule has 0 saturated carbocycles. The molecule has 1 heterocycles. The van der Waals surface area contributed by atoms with E-state index in [0.29, 0.717) is 0 Å². The van der Waals surface area contributed by atoms with E-state index in [0.717, 1.165) is 50.7 Å². The SMILES string of the molecule is CCCNC(=O)C(C)N1CCN(Cc2ccc(Cl)cc2)CC1. The first-order chi connectivity index (χ1) is 10.6. The highest BCUT2D eigenvalue weighted by molar-refractivity contribution is 6.30. The third-order valence-electron chi connectivity index (χ3n) is 4.20. The van der Waals surface area contributed by atoms with Gasteiger partial charge in [0.25, 0.3) is 0 Å². The van der Waals surface area contributed by atoms with E-state index in [1.165, 1.54) is 5.56 Å². The van der Waals surface area contributed by atoms with Gasteiger partial charge in [0, 0.05) is 44.3 Å². The van der Waals surface area contributed by atoms with E-state index >= 15 is 0 Å². The first kappa shape index (κ1) is 17.3. The molecule has 1 aromatic carbocycles. The Morgan fingerprint density at radius 2 is 1.86 bits per heavy atom. The third-order valence-corrected chi connectivity index (χ3v) is 4.45. The van der Waals surface area contributed by atoms with Crippen LogP contribution in [0.5, 0.6) is 0 Å². The lowest BCUT2D eigenvalue weighted by Crippen LogP contribution is -2.53. The van der Waals surface area contributed by atoms with Gasteiger partial charge in [0.15, 0.2) is 0 Å². The average Bonchev–Trinajstić information content (AvgIpc) is 2.55. The van der Waals surface area contributed by atoms with Crippen LogP contribution in [0.3, 0.4) is 0 Å². The lowest BCUT2D eigenvalue weighted by molar-refractivity contribution is -0.126. The van der Waals surface area contributed by atoms with Crippen LogP contribution in [0.15, 0.2) is 24.3 Å². The van der Waals surface area contributed by atoms with Crippen LogP contribution in [0.25, 0.3) is 0 Å². The molecule has 1 aliphatic rings. The van der Waals surface area contributed by atoms with Gasteiger partial charge in [-0.05, 0) is 31.0 Å². The maximum absolute atomic E-state index is 12.0. The molecule has 0 bridgehead atoms. The van der Waals surface area contributed by atoms with Gasteiger partial charge in [0.2, 0.25) is 5.91 Å². The van der Waals surface area contributed by atoms with Gasteiger partial charge in [-0.1, -0.05) is 30.7 Å². The van der Waals surface area contributed by atoms with Crippen LogP contribution < -0.4 is 5.32 Å². The van der Waals surface area contributed by atoms with Crippen LogP contribution >= 0.6 is 11.6 Å². The summed E-state index contributed by atoms with van der Waals surface area (Å²) in [6.45, 7) is 9.64. The van der Waals surface area contributed by atoms with Crippen molar-refractivity contribution in [3.63, 3.8) is 0 Å². The monoisotopic (exact) mass is 323 g/mol. The highest BCUT2D eigenvalue weighted by atomic mass is 35.5. The Bertz CT molecular complexity index is 469. The summed E-state index contributed by atoms with van der Waals surface area (Å²) in [6.07, 6.45) is 0.979. The normalized spacial score (nSPS) is 18.1. The number of benzene rings is 1. The highest BCUT2D eigenvalue weighted by Gasteiger charge is 2.25. The summed E-state index contributed by atoms with van der Waals surface area (Å²) in [5.41, 5.74) is 1.28. The summed E-state index contributed by atoms with van der Waals surface area (Å²) in [5, 5.41) is 3.76. The van der Waals surface area contributed by atoms with Gasteiger partial charge in [0.1, 0.15) is 0 Å². The molecule has 1 aromatic rings. The van der Waals surface area contributed by atoms with Gasteiger partial charge in [0.05, 0.1) is 6.04 Å². The fourth-order valence-electron chi connectivity index (χ4n) is 2.72.